The largest absolute Gasteiger partial charge is 0.325 e. The zero-order valence-corrected chi connectivity index (χ0v) is 17.4. The molecule has 5 nitrogen and oxygen atoms in total. The highest BCUT2D eigenvalue weighted by Crippen LogP contribution is 2.27. The topological polar surface area (TPSA) is 59.3 Å². The quantitative estimate of drug-likeness (QED) is 0.426. The summed E-state index contributed by atoms with van der Waals surface area (Å²) in [4.78, 5) is 16.8. The molecule has 0 bridgehead atoms. The van der Waals surface area contributed by atoms with E-state index in [0.717, 1.165) is 33.9 Å². The van der Waals surface area contributed by atoms with Gasteiger partial charge in [0.05, 0.1) is 17.0 Å². The first-order valence-corrected chi connectivity index (χ1v) is 10.6. The number of carbonyl (C=O) groups excluding carboxylic acids is 1. The van der Waals surface area contributed by atoms with Crippen LogP contribution in [0.4, 0.5) is 5.69 Å². The predicted molar refractivity (Wildman–Crippen MR) is 119 cm³/mol. The number of halogens is 1. The highest BCUT2D eigenvalue weighted by Gasteiger charge is 2.11. The Morgan fingerprint density at radius 1 is 1.14 bits per heavy atom. The third kappa shape index (κ3) is 4.60. The predicted octanol–water partition coefficient (Wildman–Crippen LogP) is 5.34. The molecule has 0 aliphatic rings. The lowest BCUT2D eigenvalue weighted by Crippen LogP contribution is -2.14. The third-order valence-corrected chi connectivity index (χ3v) is 5.73. The molecule has 146 valence electrons. The molecule has 1 N–H and O–H groups in total. The molecule has 0 radical (unpaired) electrons. The summed E-state index contributed by atoms with van der Waals surface area (Å²) in [6.07, 6.45) is 4.46. The van der Waals surface area contributed by atoms with E-state index in [4.69, 9.17) is 11.6 Å². The van der Waals surface area contributed by atoms with Gasteiger partial charge in [-0.25, -0.2) is 9.50 Å². The van der Waals surface area contributed by atoms with Crippen molar-refractivity contribution in [3.8, 4) is 11.3 Å². The molecule has 4 rings (SSSR count). The van der Waals surface area contributed by atoms with E-state index in [1.807, 2.05) is 54.6 Å². The van der Waals surface area contributed by atoms with Gasteiger partial charge in [-0.3, -0.25) is 4.79 Å². The van der Waals surface area contributed by atoms with Gasteiger partial charge in [-0.15, -0.1) is 0 Å². The minimum absolute atomic E-state index is 0.0690. The number of hydrogen-bond acceptors (Lipinski definition) is 4. The van der Waals surface area contributed by atoms with Gasteiger partial charge in [0.2, 0.25) is 5.91 Å². The van der Waals surface area contributed by atoms with E-state index >= 15 is 0 Å². The zero-order chi connectivity index (χ0) is 20.2. The molecule has 1 amide bonds. The Kier molecular flexibility index (Phi) is 5.83. The SMILES string of the molecule is CCc1ccc(NC(=O)CSc2nccn3nc(-c4ccc(Cl)cc4)cc23)cc1. The van der Waals surface area contributed by atoms with Crippen LogP contribution in [-0.2, 0) is 11.2 Å². The number of carbonyl (C=O) groups is 1. The van der Waals surface area contributed by atoms with Crippen molar-refractivity contribution in [1.29, 1.82) is 0 Å². The minimum atomic E-state index is -0.0690. The van der Waals surface area contributed by atoms with Crippen LogP contribution in [0.2, 0.25) is 5.02 Å². The smallest absolute Gasteiger partial charge is 0.234 e. The van der Waals surface area contributed by atoms with E-state index in [0.29, 0.717) is 5.02 Å². The molecule has 2 aromatic heterocycles. The minimum Gasteiger partial charge on any atom is -0.325 e. The Hall–Kier alpha value is -2.83. The third-order valence-electron chi connectivity index (χ3n) is 4.48. The van der Waals surface area contributed by atoms with Gasteiger partial charge in [0.1, 0.15) is 5.03 Å². The Labute approximate surface area is 178 Å². The average molecular weight is 423 g/mol. The second-order valence-electron chi connectivity index (χ2n) is 6.49. The first-order valence-electron chi connectivity index (χ1n) is 9.24. The molecule has 7 heteroatoms. The van der Waals surface area contributed by atoms with Crippen LogP contribution in [0.3, 0.4) is 0 Å². The summed E-state index contributed by atoms with van der Waals surface area (Å²) in [5.41, 5.74) is 4.71. The van der Waals surface area contributed by atoms with Crippen molar-refractivity contribution in [2.75, 3.05) is 11.1 Å². The van der Waals surface area contributed by atoms with Crippen molar-refractivity contribution >= 4 is 40.5 Å². The maximum absolute atomic E-state index is 12.3. The van der Waals surface area contributed by atoms with E-state index in [-0.39, 0.29) is 11.7 Å². The monoisotopic (exact) mass is 422 g/mol. The number of thioether (sulfide) groups is 1. The zero-order valence-electron chi connectivity index (χ0n) is 15.8. The lowest BCUT2D eigenvalue weighted by Gasteiger charge is -2.06. The lowest BCUT2D eigenvalue weighted by atomic mass is 10.1. The molecule has 0 saturated carbocycles. The highest BCUT2D eigenvalue weighted by atomic mass is 35.5. The molecular formula is C22H19ClN4OS. The maximum Gasteiger partial charge on any atom is 0.234 e. The van der Waals surface area contributed by atoms with Crippen LogP contribution < -0.4 is 5.32 Å². The number of aryl methyl sites for hydroxylation is 1. The van der Waals surface area contributed by atoms with Gasteiger partial charge in [-0.2, -0.15) is 5.10 Å². The number of nitrogens with zero attached hydrogens (tertiary/aromatic N) is 3. The molecule has 29 heavy (non-hydrogen) atoms. The second-order valence-corrected chi connectivity index (χ2v) is 7.89. The van der Waals surface area contributed by atoms with Crippen molar-refractivity contribution in [1.82, 2.24) is 14.6 Å². The van der Waals surface area contributed by atoms with Crippen molar-refractivity contribution in [2.24, 2.45) is 0 Å². The number of benzene rings is 2. The van der Waals surface area contributed by atoms with Crippen molar-refractivity contribution in [3.05, 3.63) is 77.6 Å². The van der Waals surface area contributed by atoms with Crippen LogP contribution in [0.1, 0.15) is 12.5 Å². The molecule has 4 aromatic rings. The fourth-order valence-corrected chi connectivity index (χ4v) is 3.83. The Balaban J connectivity index is 1.47. The van der Waals surface area contributed by atoms with Gasteiger partial charge in [0, 0.05) is 28.7 Å². The summed E-state index contributed by atoms with van der Waals surface area (Å²) < 4.78 is 1.78. The number of hydrogen-bond donors (Lipinski definition) is 1. The van der Waals surface area contributed by atoms with Crippen LogP contribution >= 0.6 is 23.4 Å². The number of aromatic nitrogens is 3. The van der Waals surface area contributed by atoms with Crippen molar-refractivity contribution < 1.29 is 4.79 Å². The molecule has 0 aliphatic carbocycles. The van der Waals surface area contributed by atoms with Crippen LogP contribution in [0.5, 0.6) is 0 Å². The van der Waals surface area contributed by atoms with Crippen LogP contribution in [0.15, 0.2) is 72.0 Å². The van der Waals surface area contributed by atoms with Gasteiger partial charge >= 0.3 is 0 Å². The molecule has 0 unspecified atom stereocenters. The fourth-order valence-electron chi connectivity index (χ4n) is 2.93. The van der Waals surface area contributed by atoms with E-state index in [1.54, 1.807) is 16.9 Å². The summed E-state index contributed by atoms with van der Waals surface area (Å²) in [5.74, 6) is 0.199. The molecule has 0 spiro atoms. The maximum atomic E-state index is 12.3. The fraction of sp³-hybridized carbons (Fsp3) is 0.136. The lowest BCUT2D eigenvalue weighted by molar-refractivity contribution is -0.113. The number of nitrogens with one attached hydrogen (secondary N) is 1. The number of anilines is 1. The molecule has 0 fully saturated rings. The summed E-state index contributed by atoms with van der Waals surface area (Å²) in [5, 5.41) is 8.98. The van der Waals surface area contributed by atoms with E-state index in [9.17, 15) is 4.79 Å². The van der Waals surface area contributed by atoms with Gasteiger partial charge in [0.25, 0.3) is 0 Å². The number of rotatable bonds is 6. The van der Waals surface area contributed by atoms with E-state index < -0.39 is 0 Å². The Morgan fingerprint density at radius 2 is 1.90 bits per heavy atom. The molecule has 0 aliphatic heterocycles. The van der Waals surface area contributed by atoms with Crippen molar-refractivity contribution in [2.45, 2.75) is 18.4 Å². The number of fused-ring (bicyclic) bond motifs is 1. The van der Waals surface area contributed by atoms with E-state index in [2.05, 4.69) is 22.3 Å². The molecular weight excluding hydrogens is 404 g/mol. The number of amides is 1. The highest BCUT2D eigenvalue weighted by molar-refractivity contribution is 8.00. The summed E-state index contributed by atoms with van der Waals surface area (Å²) in [6, 6.07) is 17.4. The summed E-state index contributed by atoms with van der Waals surface area (Å²) in [7, 11) is 0. The van der Waals surface area contributed by atoms with Gasteiger partial charge in [0.15, 0.2) is 0 Å². The van der Waals surface area contributed by atoms with Crippen molar-refractivity contribution in [3.63, 3.8) is 0 Å². The standard InChI is InChI=1S/C22H19ClN4OS/c1-2-15-3-9-18(10-4-15)25-21(28)14-29-22-20-13-19(26-27(20)12-11-24-22)16-5-7-17(23)8-6-16/h3-13H,2,14H2,1H3,(H,25,28). The molecule has 0 atom stereocenters. The first kappa shape index (κ1) is 19.5. The Bertz CT molecular complexity index is 1140. The Morgan fingerprint density at radius 3 is 2.62 bits per heavy atom. The van der Waals surface area contributed by atoms with Crippen LogP contribution in [0.25, 0.3) is 16.8 Å². The van der Waals surface area contributed by atoms with Crippen LogP contribution in [-0.4, -0.2) is 26.3 Å². The summed E-state index contributed by atoms with van der Waals surface area (Å²) >= 11 is 7.36. The molecule has 0 saturated heterocycles. The normalized spacial score (nSPS) is 11.0. The van der Waals surface area contributed by atoms with Gasteiger partial charge in [-0.05, 0) is 42.3 Å². The molecule has 2 aromatic carbocycles. The van der Waals surface area contributed by atoms with Gasteiger partial charge in [-0.1, -0.05) is 54.6 Å². The van der Waals surface area contributed by atoms with Gasteiger partial charge < -0.3 is 5.32 Å². The van der Waals surface area contributed by atoms with E-state index in [1.165, 1.54) is 17.3 Å². The first-order chi connectivity index (χ1) is 14.1. The average Bonchev–Trinajstić information content (AvgIpc) is 3.18. The summed E-state index contributed by atoms with van der Waals surface area (Å²) in [6.45, 7) is 2.10. The second kappa shape index (κ2) is 8.68. The molecule has 2 heterocycles. The van der Waals surface area contributed by atoms with Crippen LogP contribution in [0, 0.1) is 0 Å².